The molecular weight excluding hydrogens is 288 g/mol. The first-order valence-electron chi connectivity index (χ1n) is 8.18. The largest absolute Gasteiger partial charge is 0.514 e. The molecule has 0 fully saturated rings. The Kier molecular flexibility index (Phi) is 5.25. The molecule has 0 N–H and O–H groups in total. The van der Waals surface area contributed by atoms with E-state index in [1.54, 1.807) is 0 Å². The van der Waals surface area contributed by atoms with Gasteiger partial charge < -0.3 is 9.47 Å². The number of hydrogen-bond acceptors (Lipinski definition) is 3. The summed E-state index contributed by atoms with van der Waals surface area (Å²) in [5.41, 5.74) is 2.36. The zero-order chi connectivity index (χ0) is 18.2. The Bertz CT molecular complexity index is 543. The summed E-state index contributed by atoms with van der Waals surface area (Å²) in [6.45, 7) is 20.3. The fourth-order valence-corrected chi connectivity index (χ4v) is 2.35. The molecule has 1 aromatic rings. The summed E-state index contributed by atoms with van der Waals surface area (Å²) in [5.74, 6) is 0.629. The lowest BCUT2D eigenvalue weighted by Crippen LogP contribution is -2.28. The molecule has 0 atom stereocenters. The van der Waals surface area contributed by atoms with Crippen LogP contribution < -0.4 is 4.74 Å². The van der Waals surface area contributed by atoms with E-state index >= 15 is 0 Å². The van der Waals surface area contributed by atoms with Gasteiger partial charge in [-0.2, -0.15) is 0 Å². The molecule has 3 heteroatoms. The average molecular weight is 320 g/mol. The predicted molar refractivity (Wildman–Crippen MR) is 95.4 cm³/mol. The van der Waals surface area contributed by atoms with E-state index < -0.39 is 11.8 Å². The molecule has 0 radical (unpaired) electrons. The Morgan fingerprint density at radius 1 is 0.826 bits per heavy atom. The molecule has 0 saturated carbocycles. The molecule has 0 aliphatic heterocycles. The predicted octanol–water partition coefficient (Wildman–Crippen LogP) is 5.90. The van der Waals surface area contributed by atoms with Gasteiger partial charge in [0.15, 0.2) is 0 Å². The van der Waals surface area contributed by atoms with Crippen molar-refractivity contribution in [1.82, 2.24) is 0 Å². The van der Waals surface area contributed by atoms with Crippen molar-refractivity contribution in [1.29, 1.82) is 0 Å². The van der Waals surface area contributed by atoms with E-state index in [2.05, 4.69) is 60.6 Å². The van der Waals surface area contributed by atoms with Gasteiger partial charge in [-0.05, 0) is 38.5 Å². The SMILES string of the molecule is Cc1cc(C(C)(C)C)c(OC(=O)OC(C)(C)C)c(C(C)(C)C)c1. The van der Waals surface area contributed by atoms with Crippen molar-refractivity contribution < 1.29 is 14.3 Å². The fourth-order valence-electron chi connectivity index (χ4n) is 2.35. The van der Waals surface area contributed by atoms with Gasteiger partial charge in [-0.25, -0.2) is 4.79 Å². The number of benzene rings is 1. The van der Waals surface area contributed by atoms with Gasteiger partial charge in [0.1, 0.15) is 11.4 Å². The number of aryl methyl sites for hydroxylation is 1. The van der Waals surface area contributed by atoms with Crippen LogP contribution in [-0.4, -0.2) is 11.8 Å². The van der Waals surface area contributed by atoms with Crippen LogP contribution in [0.15, 0.2) is 12.1 Å². The second-order valence-electron chi connectivity index (χ2n) is 9.26. The van der Waals surface area contributed by atoms with Crippen LogP contribution >= 0.6 is 0 Å². The molecule has 0 aromatic heterocycles. The van der Waals surface area contributed by atoms with Crippen LogP contribution in [0.5, 0.6) is 5.75 Å². The highest BCUT2D eigenvalue weighted by molar-refractivity contribution is 5.67. The molecule has 1 aromatic carbocycles. The van der Waals surface area contributed by atoms with Gasteiger partial charge in [-0.3, -0.25) is 0 Å². The van der Waals surface area contributed by atoms with Gasteiger partial charge in [0.05, 0.1) is 0 Å². The summed E-state index contributed by atoms with van der Waals surface area (Å²) in [7, 11) is 0. The molecule has 0 unspecified atom stereocenters. The van der Waals surface area contributed by atoms with E-state index in [4.69, 9.17) is 9.47 Å². The Morgan fingerprint density at radius 3 is 1.52 bits per heavy atom. The number of carbonyl (C=O) groups excluding carboxylic acids is 1. The molecular formula is C20H32O3. The maximum absolute atomic E-state index is 12.2. The smallest absolute Gasteiger partial charge is 0.428 e. The highest BCUT2D eigenvalue weighted by atomic mass is 16.7. The molecule has 23 heavy (non-hydrogen) atoms. The Morgan fingerprint density at radius 2 is 1.22 bits per heavy atom. The zero-order valence-electron chi connectivity index (χ0n) is 16.4. The van der Waals surface area contributed by atoms with E-state index in [9.17, 15) is 4.79 Å². The van der Waals surface area contributed by atoms with Gasteiger partial charge >= 0.3 is 6.16 Å². The van der Waals surface area contributed by atoms with Crippen LogP contribution in [0.2, 0.25) is 0 Å². The van der Waals surface area contributed by atoms with Crippen LogP contribution in [-0.2, 0) is 15.6 Å². The highest BCUT2D eigenvalue weighted by Gasteiger charge is 2.30. The average Bonchev–Trinajstić information content (AvgIpc) is 2.25. The van der Waals surface area contributed by atoms with Crippen LogP contribution in [0.25, 0.3) is 0 Å². The monoisotopic (exact) mass is 320 g/mol. The first kappa shape index (κ1) is 19.5. The second-order valence-corrected chi connectivity index (χ2v) is 9.26. The summed E-state index contributed by atoms with van der Waals surface area (Å²) in [6.07, 6.45) is -0.655. The molecule has 0 heterocycles. The van der Waals surface area contributed by atoms with Crippen LogP contribution in [0, 0.1) is 6.92 Å². The molecule has 1 rings (SSSR count). The number of ether oxygens (including phenoxy) is 2. The maximum atomic E-state index is 12.2. The van der Waals surface area contributed by atoms with Crippen LogP contribution in [0.1, 0.15) is 79.0 Å². The number of rotatable bonds is 1. The lowest BCUT2D eigenvalue weighted by atomic mass is 9.78. The molecule has 0 aliphatic rings. The minimum Gasteiger partial charge on any atom is -0.428 e. The van der Waals surface area contributed by atoms with Crippen molar-refractivity contribution in [3.05, 3.63) is 28.8 Å². The molecule has 130 valence electrons. The van der Waals surface area contributed by atoms with Crippen molar-refractivity contribution in [2.24, 2.45) is 0 Å². The van der Waals surface area contributed by atoms with Crippen LogP contribution in [0.3, 0.4) is 0 Å². The lowest BCUT2D eigenvalue weighted by Gasteiger charge is -2.30. The summed E-state index contributed by atoms with van der Waals surface area (Å²) >= 11 is 0. The zero-order valence-corrected chi connectivity index (χ0v) is 16.4. The van der Waals surface area contributed by atoms with Crippen molar-refractivity contribution in [2.75, 3.05) is 0 Å². The van der Waals surface area contributed by atoms with E-state index in [0.717, 1.165) is 16.7 Å². The van der Waals surface area contributed by atoms with Crippen LogP contribution in [0.4, 0.5) is 4.79 Å². The van der Waals surface area contributed by atoms with Gasteiger partial charge in [-0.15, -0.1) is 0 Å². The Hall–Kier alpha value is -1.51. The fraction of sp³-hybridized carbons (Fsp3) is 0.650. The highest BCUT2D eigenvalue weighted by Crippen LogP contribution is 2.40. The topological polar surface area (TPSA) is 35.5 Å². The second kappa shape index (κ2) is 6.18. The van der Waals surface area contributed by atoms with Crippen molar-refractivity contribution in [2.45, 2.75) is 85.7 Å². The molecule has 0 spiro atoms. The molecule has 0 saturated heterocycles. The number of carbonyl (C=O) groups is 1. The normalized spacial score (nSPS) is 13.0. The van der Waals surface area contributed by atoms with E-state index in [0.29, 0.717) is 5.75 Å². The summed E-state index contributed by atoms with van der Waals surface area (Å²) in [5, 5.41) is 0. The standard InChI is InChI=1S/C20H32O3/c1-13-11-14(18(2,3)4)16(15(12-13)19(5,6)7)22-17(21)23-20(8,9)10/h11-12H,1-10H3. The lowest BCUT2D eigenvalue weighted by molar-refractivity contribution is 0.0199. The van der Waals surface area contributed by atoms with Gasteiger partial charge in [0, 0.05) is 11.1 Å². The van der Waals surface area contributed by atoms with Gasteiger partial charge in [0.2, 0.25) is 0 Å². The summed E-state index contributed by atoms with van der Waals surface area (Å²) < 4.78 is 11.0. The minimum atomic E-state index is -0.655. The summed E-state index contributed by atoms with van der Waals surface area (Å²) in [6, 6.07) is 4.18. The van der Waals surface area contributed by atoms with E-state index in [1.807, 2.05) is 20.8 Å². The van der Waals surface area contributed by atoms with Crippen molar-refractivity contribution in [3.63, 3.8) is 0 Å². The van der Waals surface area contributed by atoms with E-state index in [1.165, 1.54) is 0 Å². The minimum absolute atomic E-state index is 0.136. The molecule has 0 aliphatic carbocycles. The van der Waals surface area contributed by atoms with Crippen molar-refractivity contribution in [3.8, 4) is 5.75 Å². The Balaban J connectivity index is 3.45. The summed E-state index contributed by atoms with van der Waals surface area (Å²) in [4.78, 5) is 12.2. The quantitative estimate of drug-likeness (QED) is 0.477. The third-order valence-corrected chi connectivity index (χ3v) is 3.42. The van der Waals surface area contributed by atoms with Crippen molar-refractivity contribution >= 4 is 6.16 Å². The number of hydrogen-bond donors (Lipinski definition) is 0. The first-order chi connectivity index (χ1) is 10.1. The third kappa shape index (κ3) is 5.56. The van der Waals surface area contributed by atoms with E-state index in [-0.39, 0.29) is 10.8 Å². The maximum Gasteiger partial charge on any atom is 0.514 e. The third-order valence-electron chi connectivity index (χ3n) is 3.42. The Labute approximate surface area is 141 Å². The molecule has 3 nitrogen and oxygen atoms in total. The molecule has 0 bridgehead atoms. The molecule has 0 amide bonds. The first-order valence-corrected chi connectivity index (χ1v) is 8.18. The van der Waals surface area contributed by atoms with Gasteiger partial charge in [-0.1, -0.05) is 59.2 Å². The van der Waals surface area contributed by atoms with Gasteiger partial charge in [0.25, 0.3) is 0 Å².